The normalized spacial score (nSPS) is 13.1. The van der Waals surface area contributed by atoms with E-state index in [2.05, 4.69) is 93.7 Å². The fraction of sp³-hybridized carbons (Fsp3) is 0.603. The van der Waals surface area contributed by atoms with Crippen molar-refractivity contribution in [2.24, 2.45) is 0 Å². The lowest BCUT2D eigenvalue weighted by Crippen LogP contribution is -2.30. The van der Waals surface area contributed by atoms with Gasteiger partial charge in [-0.1, -0.05) is 238 Å². The van der Waals surface area contributed by atoms with Gasteiger partial charge in [-0.25, -0.2) is 0 Å². The van der Waals surface area contributed by atoms with E-state index in [1.165, 1.54) is 96.3 Å². The van der Waals surface area contributed by atoms with Crippen molar-refractivity contribution in [1.29, 1.82) is 0 Å². The van der Waals surface area contributed by atoms with Gasteiger partial charge in [-0.3, -0.25) is 14.4 Å². The molecule has 1 unspecified atom stereocenters. The number of unbranched alkanes of at least 4 members (excludes halogenated alkanes) is 20. The quantitative estimate of drug-likeness (QED) is 0.0199. The number of allylic oxidation sites excluding steroid dienone is 22. The van der Waals surface area contributed by atoms with Crippen LogP contribution in [-0.4, -0.2) is 37.2 Å². The molecule has 0 saturated carbocycles. The average molecular weight is 953 g/mol. The van der Waals surface area contributed by atoms with Gasteiger partial charge in [0.2, 0.25) is 0 Å². The number of carbonyl (C=O) groups is 3. The molecule has 0 aliphatic heterocycles. The van der Waals surface area contributed by atoms with E-state index in [0.717, 1.165) is 77.0 Å². The first-order valence-corrected chi connectivity index (χ1v) is 27.8. The van der Waals surface area contributed by atoms with E-state index >= 15 is 0 Å². The molecule has 0 heterocycles. The highest BCUT2D eigenvalue weighted by Gasteiger charge is 2.19. The molecule has 0 radical (unpaired) electrons. The zero-order valence-corrected chi connectivity index (χ0v) is 44.3. The van der Waals surface area contributed by atoms with E-state index in [1.54, 1.807) is 0 Å². The summed E-state index contributed by atoms with van der Waals surface area (Å²) < 4.78 is 16.8. The highest BCUT2D eigenvalue weighted by molar-refractivity contribution is 5.71. The highest BCUT2D eigenvalue weighted by Crippen LogP contribution is 2.13. The van der Waals surface area contributed by atoms with Crippen LogP contribution in [0.15, 0.2) is 134 Å². The minimum absolute atomic E-state index is 0.121. The lowest BCUT2D eigenvalue weighted by atomic mass is 10.1. The molecule has 0 saturated heterocycles. The number of carbonyl (C=O) groups excluding carboxylic acids is 3. The third-order valence-electron chi connectivity index (χ3n) is 11.3. The first kappa shape index (κ1) is 64.5. The summed E-state index contributed by atoms with van der Waals surface area (Å²) in [6.07, 6.45) is 78.6. The molecule has 6 heteroatoms. The van der Waals surface area contributed by atoms with Gasteiger partial charge in [-0.2, -0.15) is 0 Å². The Morgan fingerprint density at radius 3 is 1.10 bits per heavy atom. The highest BCUT2D eigenvalue weighted by atomic mass is 16.6. The van der Waals surface area contributed by atoms with Crippen LogP contribution in [0.2, 0.25) is 0 Å². The molecule has 6 nitrogen and oxygen atoms in total. The van der Waals surface area contributed by atoms with Crippen LogP contribution in [0, 0.1) is 0 Å². The summed E-state index contributed by atoms with van der Waals surface area (Å²) in [4.78, 5) is 38.1. The molecule has 0 amide bonds. The van der Waals surface area contributed by atoms with Gasteiger partial charge < -0.3 is 14.2 Å². The molecule has 69 heavy (non-hydrogen) atoms. The Labute approximate surface area is 424 Å². The largest absolute Gasteiger partial charge is 0.462 e. The molecule has 388 valence electrons. The van der Waals surface area contributed by atoms with Crippen LogP contribution in [-0.2, 0) is 28.6 Å². The number of ether oxygens (including phenoxy) is 3. The van der Waals surface area contributed by atoms with Gasteiger partial charge in [0, 0.05) is 19.3 Å². The molecule has 0 aromatic rings. The topological polar surface area (TPSA) is 78.9 Å². The molecule has 0 rings (SSSR count). The van der Waals surface area contributed by atoms with Crippen molar-refractivity contribution in [2.75, 3.05) is 13.2 Å². The summed E-state index contributed by atoms with van der Waals surface area (Å²) in [7, 11) is 0. The molecule has 1 atom stereocenters. The standard InChI is InChI=1S/C63H100O6/c1-4-7-10-13-16-19-22-25-28-31-34-37-40-43-46-49-52-55-61(64)67-58-60(69-63(66)57-54-51-48-45-42-39-36-33-30-27-24-21-18-15-12-9-6-3)59-68-62(65)56-53-50-47-44-41-38-35-32-29-26-23-20-17-14-11-8-5-2/h7,10,13,16-17,19-20,22,25-31,34,36-37,39-40,45,48,60H,4-6,8-9,11-12,14-15,18,21,23-24,32-33,35,38,41-44,46-47,49-59H2,1-3H3/b10-7-,16-13-,20-17-,22-19-,28-25-,29-26-,30-27-,34-31+,39-36-,40-37-,48-45-. The predicted molar refractivity (Wildman–Crippen MR) is 297 cm³/mol. The summed E-state index contributed by atoms with van der Waals surface area (Å²) in [5.74, 6) is -1.03. The van der Waals surface area contributed by atoms with Gasteiger partial charge in [-0.15, -0.1) is 0 Å². The molecule has 0 bridgehead atoms. The van der Waals surface area contributed by atoms with Crippen LogP contribution < -0.4 is 0 Å². The van der Waals surface area contributed by atoms with Crippen molar-refractivity contribution in [2.45, 2.75) is 232 Å². The van der Waals surface area contributed by atoms with Gasteiger partial charge in [0.25, 0.3) is 0 Å². The Bertz CT molecular complexity index is 1510. The monoisotopic (exact) mass is 953 g/mol. The summed E-state index contributed by atoms with van der Waals surface area (Å²) in [6.45, 7) is 6.36. The van der Waals surface area contributed by atoms with Crippen molar-refractivity contribution in [1.82, 2.24) is 0 Å². The second kappa shape index (κ2) is 56.1. The number of rotatable bonds is 48. The molecule has 0 fully saturated rings. The van der Waals surface area contributed by atoms with Gasteiger partial charge in [0.15, 0.2) is 6.10 Å². The van der Waals surface area contributed by atoms with Crippen LogP contribution in [0.1, 0.15) is 226 Å². The van der Waals surface area contributed by atoms with Crippen LogP contribution in [0.4, 0.5) is 0 Å². The fourth-order valence-electron chi connectivity index (χ4n) is 7.11. The lowest BCUT2D eigenvalue weighted by molar-refractivity contribution is -0.167. The van der Waals surface area contributed by atoms with Gasteiger partial charge in [0.05, 0.1) is 0 Å². The minimum Gasteiger partial charge on any atom is -0.462 e. The van der Waals surface area contributed by atoms with Crippen LogP contribution >= 0.6 is 0 Å². The van der Waals surface area contributed by atoms with Crippen LogP contribution in [0.3, 0.4) is 0 Å². The van der Waals surface area contributed by atoms with E-state index in [1.807, 2.05) is 60.8 Å². The van der Waals surface area contributed by atoms with Crippen molar-refractivity contribution in [3.8, 4) is 0 Å². The molecule has 0 N–H and O–H groups in total. The SMILES string of the molecule is CC\C=C/C=C\C=C/C=C\C=C\C=C/CCCCCC(=O)OCC(COC(=O)CCCCCCCCC/C=C\C/C=C\CCCCC)OC(=O)CCC/C=C\C/C=C\C/C=C\CCCCCCCC. The van der Waals surface area contributed by atoms with Gasteiger partial charge >= 0.3 is 17.9 Å². The van der Waals surface area contributed by atoms with Crippen molar-refractivity contribution in [3.05, 3.63) is 134 Å². The average Bonchev–Trinajstić information content (AvgIpc) is 3.35. The van der Waals surface area contributed by atoms with Gasteiger partial charge in [-0.05, 0) is 103 Å². The maximum Gasteiger partial charge on any atom is 0.306 e. The zero-order chi connectivity index (χ0) is 50.0. The van der Waals surface area contributed by atoms with E-state index < -0.39 is 6.10 Å². The molecule has 0 aromatic carbocycles. The summed E-state index contributed by atoms with van der Waals surface area (Å²) in [5, 5.41) is 0. The first-order chi connectivity index (χ1) is 34.0. The molecule has 0 aromatic heterocycles. The predicted octanol–water partition coefficient (Wildman–Crippen LogP) is 18.6. The Morgan fingerprint density at radius 2 is 0.638 bits per heavy atom. The van der Waals surface area contributed by atoms with Gasteiger partial charge in [0.1, 0.15) is 13.2 Å². The Morgan fingerprint density at radius 1 is 0.319 bits per heavy atom. The van der Waals surface area contributed by atoms with Crippen molar-refractivity contribution < 1.29 is 28.6 Å². The van der Waals surface area contributed by atoms with Crippen molar-refractivity contribution >= 4 is 17.9 Å². The summed E-state index contributed by atoms with van der Waals surface area (Å²) >= 11 is 0. The zero-order valence-electron chi connectivity index (χ0n) is 44.3. The molecule has 0 spiro atoms. The molecule has 0 aliphatic carbocycles. The number of hydrogen-bond donors (Lipinski definition) is 0. The third kappa shape index (κ3) is 54.4. The maximum absolute atomic E-state index is 12.8. The van der Waals surface area contributed by atoms with Crippen LogP contribution in [0.5, 0.6) is 0 Å². The minimum atomic E-state index is -0.832. The molecule has 0 aliphatic rings. The Balaban J connectivity index is 4.59. The summed E-state index contributed by atoms with van der Waals surface area (Å²) in [5.41, 5.74) is 0. The fourth-order valence-corrected chi connectivity index (χ4v) is 7.11. The third-order valence-corrected chi connectivity index (χ3v) is 11.3. The van der Waals surface area contributed by atoms with E-state index in [9.17, 15) is 14.4 Å². The van der Waals surface area contributed by atoms with E-state index in [4.69, 9.17) is 14.2 Å². The lowest BCUT2D eigenvalue weighted by Gasteiger charge is -2.18. The summed E-state index contributed by atoms with van der Waals surface area (Å²) in [6, 6.07) is 0. The number of esters is 3. The maximum atomic E-state index is 12.8. The van der Waals surface area contributed by atoms with Crippen molar-refractivity contribution in [3.63, 3.8) is 0 Å². The van der Waals surface area contributed by atoms with E-state index in [-0.39, 0.29) is 44.0 Å². The Hall–Kier alpha value is -4.45. The smallest absolute Gasteiger partial charge is 0.306 e. The molecular formula is C63H100O6. The van der Waals surface area contributed by atoms with Crippen LogP contribution in [0.25, 0.3) is 0 Å². The Kier molecular flexibility index (Phi) is 52.5. The molecular weight excluding hydrogens is 853 g/mol. The second-order valence-corrected chi connectivity index (χ2v) is 17.9. The first-order valence-electron chi connectivity index (χ1n) is 27.8. The van der Waals surface area contributed by atoms with E-state index in [0.29, 0.717) is 19.3 Å². The number of hydrogen-bond acceptors (Lipinski definition) is 6. The second-order valence-electron chi connectivity index (χ2n) is 17.9.